The molecule has 104 valence electrons. The first-order valence-corrected chi connectivity index (χ1v) is 6.80. The molecular weight excluding hydrogens is 242 g/mol. The highest BCUT2D eigenvalue weighted by Crippen LogP contribution is 2.24. The molecule has 0 bridgehead atoms. The Kier molecular flexibility index (Phi) is 4.80. The van der Waals surface area contributed by atoms with Crippen molar-refractivity contribution in [1.29, 1.82) is 0 Å². The molecule has 4 heteroatoms. The average molecular weight is 263 g/mol. The lowest BCUT2D eigenvalue weighted by atomic mass is 9.95. The number of rotatable bonds is 4. The van der Waals surface area contributed by atoms with Crippen molar-refractivity contribution in [1.82, 2.24) is 0 Å². The zero-order valence-corrected chi connectivity index (χ0v) is 11.2. The first-order chi connectivity index (χ1) is 9.19. The maximum absolute atomic E-state index is 9.87. The van der Waals surface area contributed by atoms with Gasteiger partial charge >= 0.3 is 0 Å². The van der Waals surface area contributed by atoms with E-state index in [0.29, 0.717) is 12.1 Å². The third kappa shape index (κ3) is 3.96. The van der Waals surface area contributed by atoms with Crippen LogP contribution in [0.25, 0.3) is 0 Å². The second kappa shape index (κ2) is 6.57. The highest BCUT2D eigenvalue weighted by Gasteiger charge is 2.24. The summed E-state index contributed by atoms with van der Waals surface area (Å²) in [5, 5.41) is 21.7. The number of aliphatic hydroxyl groups is 1. The summed E-state index contributed by atoms with van der Waals surface area (Å²) in [7, 11) is 0. The van der Waals surface area contributed by atoms with Gasteiger partial charge in [-0.05, 0) is 43.9 Å². The Bertz CT molecular complexity index is 428. The van der Waals surface area contributed by atoms with Crippen molar-refractivity contribution in [2.75, 3.05) is 0 Å². The summed E-state index contributed by atoms with van der Waals surface area (Å²) < 4.78 is 5.82. The second-order valence-electron chi connectivity index (χ2n) is 5.16. The monoisotopic (exact) mass is 263 g/mol. The smallest absolute Gasteiger partial charge is 0.124 e. The molecule has 0 heterocycles. The Morgan fingerprint density at radius 3 is 2.58 bits per heavy atom. The summed E-state index contributed by atoms with van der Waals surface area (Å²) in [5.74, 6) is 0.785. The zero-order chi connectivity index (χ0) is 13.7. The van der Waals surface area contributed by atoms with Crippen LogP contribution in [0.1, 0.15) is 38.2 Å². The highest BCUT2D eigenvalue weighted by atomic mass is 16.5. The average Bonchev–Trinajstić information content (AvgIpc) is 2.43. The fourth-order valence-electron chi connectivity index (χ4n) is 2.41. The minimum Gasteiger partial charge on any atom is -0.488 e. The summed E-state index contributed by atoms with van der Waals surface area (Å²) in [6.45, 7) is 1.78. The van der Waals surface area contributed by atoms with Gasteiger partial charge in [0.2, 0.25) is 0 Å². The van der Waals surface area contributed by atoms with Gasteiger partial charge in [-0.15, -0.1) is 0 Å². The summed E-state index contributed by atoms with van der Waals surface area (Å²) in [6, 6.07) is 7.72. The lowest BCUT2D eigenvalue weighted by Gasteiger charge is -2.28. The quantitative estimate of drug-likeness (QED) is 0.499. The van der Waals surface area contributed by atoms with Crippen molar-refractivity contribution in [2.24, 2.45) is 5.16 Å². The minimum absolute atomic E-state index is 0.0830. The fraction of sp³-hybridized carbons (Fsp3) is 0.533. The van der Waals surface area contributed by atoms with Crippen molar-refractivity contribution in [3.8, 4) is 5.75 Å². The Morgan fingerprint density at radius 1 is 1.26 bits per heavy atom. The van der Waals surface area contributed by atoms with Crippen LogP contribution in [0.5, 0.6) is 5.75 Å². The van der Waals surface area contributed by atoms with Crippen molar-refractivity contribution in [2.45, 2.75) is 51.2 Å². The zero-order valence-electron chi connectivity index (χ0n) is 11.2. The van der Waals surface area contributed by atoms with Crippen LogP contribution >= 0.6 is 0 Å². The molecule has 0 amide bonds. The van der Waals surface area contributed by atoms with Gasteiger partial charge in [-0.25, -0.2) is 0 Å². The van der Waals surface area contributed by atoms with Gasteiger partial charge in [0.15, 0.2) is 0 Å². The molecule has 2 N–H and O–H groups in total. The van der Waals surface area contributed by atoms with E-state index in [1.807, 2.05) is 24.3 Å². The lowest BCUT2D eigenvalue weighted by molar-refractivity contribution is 0.00687. The van der Waals surface area contributed by atoms with Gasteiger partial charge in [0.05, 0.1) is 11.8 Å². The van der Waals surface area contributed by atoms with Crippen LogP contribution < -0.4 is 4.74 Å². The van der Waals surface area contributed by atoms with Crippen LogP contribution in [-0.4, -0.2) is 28.2 Å². The van der Waals surface area contributed by atoms with Crippen LogP contribution in [0.4, 0.5) is 0 Å². The maximum Gasteiger partial charge on any atom is 0.124 e. The molecule has 0 spiro atoms. The van der Waals surface area contributed by atoms with E-state index in [4.69, 9.17) is 9.94 Å². The molecule has 1 aliphatic carbocycles. The van der Waals surface area contributed by atoms with Crippen molar-refractivity contribution in [3.05, 3.63) is 29.8 Å². The summed E-state index contributed by atoms with van der Waals surface area (Å²) in [5.41, 5.74) is 1.75. The van der Waals surface area contributed by atoms with Crippen LogP contribution in [-0.2, 0) is 6.42 Å². The van der Waals surface area contributed by atoms with Gasteiger partial charge in [0, 0.05) is 6.42 Å². The molecule has 2 atom stereocenters. The van der Waals surface area contributed by atoms with Crippen LogP contribution in [0.2, 0.25) is 0 Å². The van der Waals surface area contributed by atoms with Gasteiger partial charge < -0.3 is 15.1 Å². The molecule has 0 aliphatic heterocycles. The van der Waals surface area contributed by atoms with Crippen molar-refractivity contribution < 1.29 is 15.1 Å². The third-order valence-corrected chi connectivity index (χ3v) is 3.51. The number of aliphatic hydroxyl groups excluding tert-OH is 1. The molecule has 1 saturated carbocycles. The fourth-order valence-corrected chi connectivity index (χ4v) is 2.41. The molecule has 0 radical (unpaired) electrons. The number of hydrogen-bond donors (Lipinski definition) is 2. The van der Waals surface area contributed by atoms with Gasteiger partial charge in [-0.3, -0.25) is 0 Å². The Hall–Kier alpha value is -1.55. The molecule has 4 nitrogen and oxygen atoms in total. The summed E-state index contributed by atoms with van der Waals surface area (Å²) in [6.07, 6.45) is 4.14. The summed E-state index contributed by atoms with van der Waals surface area (Å²) >= 11 is 0. The topological polar surface area (TPSA) is 62.0 Å². The van der Waals surface area contributed by atoms with E-state index in [1.54, 1.807) is 6.92 Å². The molecule has 0 saturated heterocycles. The molecule has 19 heavy (non-hydrogen) atoms. The maximum atomic E-state index is 9.87. The molecule has 1 aromatic carbocycles. The van der Waals surface area contributed by atoms with Crippen LogP contribution in [0.15, 0.2) is 29.4 Å². The number of hydrogen-bond acceptors (Lipinski definition) is 4. The van der Waals surface area contributed by atoms with Gasteiger partial charge in [-0.1, -0.05) is 23.7 Å². The predicted octanol–water partition coefficient (Wildman–Crippen LogP) is 2.76. The third-order valence-electron chi connectivity index (χ3n) is 3.51. The van der Waals surface area contributed by atoms with E-state index in [2.05, 4.69) is 5.16 Å². The molecule has 2 rings (SSSR count). The normalized spacial score (nSPS) is 24.2. The van der Waals surface area contributed by atoms with Crippen molar-refractivity contribution in [3.63, 3.8) is 0 Å². The molecule has 1 aromatic rings. The highest BCUT2D eigenvalue weighted by molar-refractivity contribution is 5.83. The number of benzene rings is 1. The van der Waals surface area contributed by atoms with E-state index in [0.717, 1.165) is 37.0 Å². The second-order valence-corrected chi connectivity index (χ2v) is 5.16. The SMILES string of the molecule is C/C(Cc1ccc(OC2CCCCC2O)cc1)=N/O. The molecule has 1 fully saturated rings. The van der Waals surface area contributed by atoms with E-state index < -0.39 is 0 Å². The Morgan fingerprint density at radius 2 is 1.95 bits per heavy atom. The van der Waals surface area contributed by atoms with E-state index in [-0.39, 0.29) is 12.2 Å². The van der Waals surface area contributed by atoms with E-state index in [9.17, 15) is 5.11 Å². The molecule has 0 aromatic heterocycles. The number of ether oxygens (including phenoxy) is 1. The molecule has 1 aliphatic rings. The number of oxime groups is 1. The minimum atomic E-state index is -0.350. The lowest BCUT2D eigenvalue weighted by Crippen LogP contribution is -2.34. The van der Waals surface area contributed by atoms with Gasteiger partial charge in [-0.2, -0.15) is 0 Å². The standard InChI is InChI=1S/C15H21NO3/c1-11(16-18)10-12-6-8-13(9-7-12)19-15-5-3-2-4-14(15)17/h6-9,14-15,17-18H,2-5,10H2,1H3/b16-11-. The van der Waals surface area contributed by atoms with E-state index >= 15 is 0 Å². The van der Waals surface area contributed by atoms with E-state index in [1.165, 1.54) is 0 Å². The predicted molar refractivity (Wildman–Crippen MR) is 73.9 cm³/mol. The largest absolute Gasteiger partial charge is 0.488 e. The first kappa shape index (κ1) is 13.9. The van der Waals surface area contributed by atoms with Crippen LogP contribution in [0, 0.1) is 0 Å². The summed E-state index contributed by atoms with van der Waals surface area (Å²) in [4.78, 5) is 0. The Labute approximate surface area is 113 Å². The molecule has 2 unspecified atom stereocenters. The van der Waals surface area contributed by atoms with Gasteiger partial charge in [0.1, 0.15) is 11.9 Å². The van der Waals surface area contributed by atoms with Crippen molar-refractivity contribution >= 4 is 5.71 Å². The first-order valence-electron chi connectivity index (χ1n) is 6.80. The number of nitrogens with zero attached hydrogens (tertiary/aromatic N) is 1. The Balaban J connectivity index is 1.94. The van der Waals surface area contributed by atoms with Gasteiger partial charge in [0.25, 0.3) is 0 Å². The molecular formula is C15H21NO3. The van der Waals surface area contributed by atoms with Crippen LogP contribution in [0.3, 0.4) is 0 Å².